The normalized spacial score (nSPS) is 46.8. The largest absolute Gasteiger partial charge is 0.394 e. The van der Waals surface area contributed by atoms with Crippen molar-refractivity contribution in [1.29, 1.82) is 0 Å². The van der Waals surface area contributed by atoms with E-state index in [2.05, 4.69) is 31.0 Å². The van der Waals surface area contributed by atoms with Gasteiger partial charge in [0.25, 0.3) is 0 Å². The van der Waals surface area contributed by atoms with Crippen LogP contribution in [-0.2, 0) is 0 Å². The first-order chi connectivity index (χ1) is 9.53. The maximum atomic E-state index is 9.90. The number of hydrogen-bond acceptors (Lipinski definition) is 3. The van der Waals surface area contributed by atoms with Gasteiger partial charge in [0.05, 0.1) is 6.61 Å². The monoisotopic (exact) mass is 280 g/mol. The zero-order valence-electron chi connectivity index (χ0n) is 13.4. The van der Waals surface area contributed by atoms with Gasteiger partial charge in [0.15, 0.2) is 0 Å². The number of nitrogens with zero attached hydrogens (tertiary/aromatic N) is 1. The highest BCUT2D eigenvalue weighted by atomic mass is 16.3. The lowest BCUT2D eigenvalue weighted by atomic mass is 9.84. The van der Waals surface area contributed by atoms with Crippen molar-refractivity contribution >= 4 is 0 Å². The second-order valence-corrected chi connectivity index (χ2v) is 8.01. The van der Waals surface area contributed by atoms with Gasteiger partial charge in [0.1, 0.15) is 0 Å². The second kappa shape index (κ2) is 5.58. The van der Waals surface area contributed by atoms with Crippen molar-refractivity contribution in [3.63, 3.8) is 0 Å². The van der Waals surface area contributed by atoms with Crippen molar-refractivity contribution in [1.82, 2.24) is 10.2 Å². The summed E-state index contributed by atoms with van der Waals surface area (Å²) in [4.78, 5) is 2.75. The van der Waals surface area contributed by atoms with E-state index < -0.39 is 0 Å². The van der Waals surface area contributed by atoms with Crippen LogP contribution in [0.1, 0.15) is 59.3 Å². The molecular formula is C17H32N2O. The summed E-state index contributed by atoms with van der Waals surface area (Å²) in [6.07, 6.45) is 7.53. The average molecular weight is 280 g/mol. The van der Waals surface area contributed by atoms with Crippen LogP contribution in [0.3, 0.4) is 0 Å². The highest BCUT2D eigenvalue weighted by Crippen LogP contribution is 2.39. The fourth-order valence-corrected chi connectivity index (χ4v) is 4.60. The van der Waals surface area contributed by atoms with Gasteiger partial charge in [-0.05, 0) is 57.3 Å². The maximum absolute atomic E-state index is 9.90. The first-order valence-electron chi connectivity index (χ1n) is 8.67. The third-order valence-corrected chi connectivity index (χ3v) is 6.09. The van der Waals surface area contributed by atoms with Gasteiger partial charge in [-0.25, -0.2) is 0 Å². The number of likely N-dealkylation sites (tertiary alicyclic amines) is 1. The number of piperidine rings is 1. The highest BCUT2D eigenvalue weighted by Gasteiger charge is 2.45. The summed E-state index contributed by atoms with van der Waals surface area (Å²) < 4.78 is 0. The molecule has 2 N–H and O–H groups in total. The molecule has 3 heteroatoms. The fraction of sp³-hybridized carbons (Fsp3) is 1.00. The number of nitrogens with one attached hydrogen (secondary N) is 1. The van der Waals surface area contributed by atoms with Crippen molar-refractivity contribution in [2.75, 3.05) is 13.2 Å². The van der Waals surface area contributed by atoms with Crippen LogP contribution < -0.4 is 5.32 Å². The molecule has 0 bridgehead atoms. The van der Waals surface area contributed by atoms with E-state index in [1.165, 1.54) is 32.2 Å². The molecule has 1 saturated heterocycles. The molecule has 3 nitrogen and oxygen atoms in total. The zero-order chi connectivity index (χ0) is 14.3. The standard InChI is InChI=1S/C17H32N2O/c1-12-8-13(2)14(3)19(10-12)16-6-7-17(9-16,11-20)18-15-4-5-15/h12-16,18,20H,4-11H2,1-3H3. The second-order valence-electron chi connectivity index (χ2n) is 8.01. The van der Waals surface area contributed by atoms with Crippen molar-refractivity contribution in [3.05, 3.63) is 0 Å². The molecule has 3 fully saturated rings. The molecule has 1 aliphatic heterocycles. The van der Waals surface area contributed by atoms with Gasteiger partial charge in [0.2, 0.25) is 0 Å². The Bertz CT molecular complexity index is 344. The lowest BCUT2D eigenvalue weighted by Crippen LogP contribution is -2.53. The minimum atomic E-state index is 0.0233. The lowest BCUT2D eigenvalue weighted by molar-refractivity contribution is 0.0365. The van der Waals surface area contributed by atoms with Gasteiger partial charge in [-0.3, -0.25) is 4.90 Å². The van der Waals surface area contributed by atoms with Gasteiger partial charge >= 0.3 is 0 Å². The van der Waals surface area contributed by atoms with Crippen molar-refractivity contribution in [2.45, 2.75) is 83.0 Å². The summed E-state index contributed by atoms with van der Waals surface area (Å²) in [7, 11) is 0. The van der Waals surface area contributed by atoms with Crippen LogP contribution in [0.25, 0.3) is 0 Å². The van der Waals surface area contributed by atoms with Crippen molar-refractivity contribution in [3.8, 4) is 0 Å². The van der Waals surface area contributed by atoms with E-state index in [0.717, 1.165) is 24.7 Å². The predicted molar refractivity (Wildman–Crippen MR) is 82.7 cm³/mol. The molecule has 0 radical (unpaired) electrons. The molecule has 3 aliphatic rings. The Labute approximate surface area is 124 Å². The molecule has 2 aliphatic carbocycles. The predicted octanol–water partition coefficient (Wildman–Crippen LogP) is 2.39. The molecule has 0 spiro atoms. The van der Waals surface area contributed by atoms with Crippen LogP contribution in [0.5, 0.6) is 0 Å². The van der Waals surface area contributed by atoms with E-state index in [9.17, 15) is 5.11 Å². The molecule has 20 heavy (non-hydrogen) atoms. The Morgan fingerprint density at radius 2 is 1.95 bits per heavy atom. The highest BCUT2D eigenvalue weighted by molar-refractivity contribution is 5.04. The van der Waals surface area contributed by atoms with E-state index >= 15 is 0 Å². The Hall–Kier alpha value is -0.120. The minimum absolute atomic E-state index is 0.0233. The third-order valence-electron chi connectivity index (χ3n) is 6.09. The summed E-state index contributed by atoms with van der Waals surface area (Å²) in [6, 6.07) is 2.07. The first-order valence-corrected chi connectivity index (χ1v) is 8.67. The van der Waals surface area contributed by atoms with Crippen LogP contribution in [-0.4, -0.2) is 46.8 Å². The summed E-state index contributed by atoms with van der Waals surface area (Å²) in [5.74, 6) is 1.63. The van der Waals surface area contributed by atoms with Crippen LogP contribution in [0.15, 0.2) is 0 Å². The molecule has 0 aromatic rings. The van der Waals surface area contributed by atoms with Gasteiger partial charge in [-0.1, -0.05) is 13.8 Å². The van der Waals surface area contributed by atoms with E-state index in [4.69, 9.17) is 0 Å². The molecule has 5 unspecified atom stereocenters. The quantitative estimate of drug-likeness (QED) is 0.830. The first kappa shape index (κ1) is 14.8. The lowest BCUT2D eigenvalue weighted by Gasteiger charge is -2.45. The molecule has 116 valence electrons. The number of aliphatic hydroxyl groups is 1. The van der Waals surface area contributed by atoms with Gasteiger partial charge < -0.3 is 10.4 Å². The number of hydrogen-bond donors (Lipinski definition) is 2. The summed E-state index contributed by atoms with van der Waals surface area (Å²) in [5.41, 5.74) is 0.0233. The Morgan fingerprint density at radius 1 is 1.20 bits per heavy atom. The molecule has 2 saturated carbocycles. The van der Waals surface area contributed by atoms with Gasteiger partial charge in [-0.2, -0.15) is 0 Å². The molecule has 5 atom stereocenters. The van der Waals surface area contributed by atoms with E-state index in [-0.39, 0.29) is 5.54 Å². The Kier molecular flexibility index (Phi) is 4.13. The SMILES string of the molecule is CC1CC(C)C(C)N(C2CCC(CO)(NC3CC3)C2)C1. The zero-order valence-corrected chi connectivity index (χ0v) is 13.4. The van der Waals surface area contributed by atoms with Gasteiger partial charge in [0, 0.05) is 30.2 Å². The Balaban J connectivity index is 1.65. The molecule has 0 aromatic heterocycles. The number of rotatable bonds is 4. The summed E-state index contributed by atoms with van der Waals surface area (Å²) in [6.45, 7) is 8.77. The van der Waals surface area contributed by atoms with Crippen molar-refractivity contribution in [2.24, 2.45) is 11.8 Å². The molecular weight excluding hydrogens is 248 g/mol. The third kappa shape index (κ3) is 2.90. The van der Waals surface area contributed by atoms with Gasteiger partial charge in [-0.15, -0.1) is 0 Å². The maximum Gasteiger partial charge on any atom is 0.0614 e. The van der Waals surface area contributed by atoms with E-state index in [1.54, 1.807) is 0 Å². The molecule has 0 aromatic carbocycles. The average Bonchev–Trinajstić information content (AvgIpc) is 3.12. The van der Waals surface area contributed by atoms with E-state index in [1.807, 2.05) is 0 Å². The number of aliphatic hydroxyl groups excluding tert-OH is 1. The smallest absolute Gasteiger partial charge is 0.0614 e. The Morgan fingerprint density at radius 3 is 2.60 bits per heavy atom. The minimum Gasteiger partial charge on any atom is -0.394 e. The van der Waals surface area contributed by atoms with Crippen LogP contribution in [0.4, 0.5) is 0 Å². The van der Waals surface area contributed by atoms with Crippen LogP contribution in [0.2, 0.25) is 0 Å². The van der Waals surface area contributed by atoms with Crippen LogP contribution in [0, 0.1) is 11.8 Å². The van der Waals surface area contributed by atoms with E-state index in [0.29, 0.717) is 24.7 Å². The topological polar surface area (TPSA) is 35.5 Å². The molecule has 1 heterocycles. The van der Waals surface area contributed by atoms with Crippen LogP contribution >= 0.6 is 0 Å². The summed E-state index contributed by atoms with van der Waals surface area (Å²) in [5, 5.41) is 13.6. The molecule has 3 rings (SSSR count). The fourth-order valence-electron chi connectivity index (χ4n) is 4.60. The van der Waals surface area contributed by atoms with Crippen molar-refractivity contribution < 1.29 is 5.11 Å². The molecule has 0 amide bonds. The summed E-state index contributed by atoms with van der Waals surface area (Å²) >= 11 is 0.